The van der Waals surface area contributed by atoms with Gasteiger partial charge in [-0.3, -0.25) is 14.5 Å². The van der Waals surface area contributed by atoms with Gasteiger partial charge in [-0.1, -0.05) is 67.4 Å². The molecule has 36 heavy (non-hydrogen) atoms. The molecule has 5 nitrogen and oxygen atoms in total. The van der Waals surface area contributed by atoms with Crippen molar-refractivity contribution in [2.75, 3.05) is 26.2 Å². The van der Waals surface area contributed by atoms with E-state index in [4.69, 9.17) is 0 Å². The second-order valence-electron chi connectivity index (χ2n) is 10.3. The van der Waals surface area contributed by atoms with Crippen LogP contribution >= 0.6 is 11.3 Å². The molecule has 6 heteroatoms. The fraction of sp³-hybridized carbons (Fsp3) is 0.400. The molecule has 6 rings (SSSR count). The van der Waals surface area contributed by atoms with E-state index in [9.17, 15) is 9.59 Å². The van der Waals surface area contributed by atoms with Gasteiger partial charge in [-0.2, -0.15) is 0 Å². The Hall–Kier alpha value is -2.96. The number of hydrogen-bond donors (Lipinski definition) is 0. The predicted molar refractivity (Wildman–Crippen MR) is 143 cm³/mol. The number of fused-ring (bicyclic) bond motifs is 1. The van der Waals surface area contributed by atoms with Gasteiger partial charge in [0.1, 0.15) is 0 Å². The molecule has 0 N–H and O–H groups in total. The first-order valence-corrected chi connectivity index (χ1v) is 14.1. The maximum absolute atomic E-state index is 14.3. The first kappa shape index (κ1) is 23.4. The van der Waals surface area contributed by atoms with Crippen molar-refractivity contribution in [1.82, 2.24) is 14.7 Å². The lowest BCUT2D eigenvalue weighted by Crippen LogP contribution is -2.54. The molecule has 1 aromatic heterocycles. The molecule has 2 fully saturated rings. The molecular formula is C30H33N3O2S. The number of hydrogen-bond acceptors (Lipinski definition) is 4. The number of carbonyl (C=O) groups excluding carboxylic acids is 2. The summed E-state index contributed by atoms with van der Waals surface area (Å²) in [5.74, 6) is -0.109. The third kappa shape index (κ3) is 4.37. The van der Waals surface area contributed by atoms with E-state index in [1.54, 1.807) is 11.3 Å². The Kier molecular flexibility index (Phi) is 6.63. The van der Waals surface area contributed by atoms with Crippen LogP contribution in [-0.2, 0) is 11.3 Å². The predicted octanol–water partition coefficient (Wildman–Crippen LogP) is 5.32. The van der Waals surface area contributed by atoms with E-state index in [1.807, 2.05) is 41.3 Å². The molecule has 3 aromatic rings. The normalized spacial score (nSPS) is 23.2. The van der Waals surface area contributed by atoms with Crippen LogP contribution in [0.15, 0.2) is 72.1 Å². The molecule has 2 atom stereocenters. The number of benzene rings is 2. The molecule has 2 aromatic carbocycles. The van der Waals surface area contributed by atoms with E-state index < -0.39 is 0 Å². The second-order valence-corrected chi connectivity index (χ2v) is 11.2. The molecule has 2 aliphatic heterocycles. The summed E-state index contributed by atoms with van der Waals surface area (Å²) in [5.41, 5.74) is 2.91. The third-order valence-electron chi connectivity index (χ3n) is 8.13. The summed E-state index contributed by atoms with van der Waals surface area (Å²) in [6.45, 7) is 4.09. The molecule has 0 bridgehead atoms. The van der Waals surface area contributed by atoms with Crippen molar-refractivity contribution in [2.24, 2.45) is 0 Å². The van der Waals surface area contributed by atoms with Crippen LogP contribution in [-0.4, -0.2) is 58.7 Å². The van der Waals surface area contributed by atoms with Crippen LogP contribution in [0, 0.1) is 0 Å². The maximum Gasteiger partial charge on any atom is 0.254 e. The van der Waals surface area contributed by atoms with Gasteiger partial charge in [0.15, 0.2) is 0 Å². The van der Waals surface area contributed by atoms with E-state index >= 15 is 0 Å². The van der Waals surface area contributed by atoms with Crippen molar-refractivity contribution in [3.8, 4) is 0 Å². The number of nitrogens with zero attached hydrogens (tertiary/aromatic N) is 3. The first-order chi connectivity index (χ1) is 17.7. The molecule has 0 spiro atoms. The van der Waals surface area contributed by atoms with Crippen molar-refractivity contribution >= 4 is 23.2 Å². The Morgan fingerprint density at radius 3 is 2.31 bits per heavy atom. The molecule has 1 saturated heterocycles. The average molecular weight is 500 g/mol. The Bertz CT molecular complexity index is 1200. The van der Waals surface area contributed by atoms with Gasteiger partial charge in [0.2, 0.25) is 5.91 Å². The number of carbonyl (C=O) groups is 2. The van der Waals surface area contributed by atoms with Crippen molar-refractivity contribution in [3.63, 3.8) is 0 Å². The van der Waals surface area contributed by atoms with Crippen LogP contribution in [0.2, 0.25) is 0 Å². The molecular weight excluding hydrogens is 466 g/mol. The summed E-state index contributed by atoms with van der Waals surface area (Å²) in [5, 5.41) is 2.07. The van der Waals surface area contributed by atoms with Crippen LogP contribution in [0.25, 0.3) is 0 Å². The van der Waals surface area contributed by atoms with Gasteiger partial charge in [0.05, 0.1) is 12.0 Å². The Balaban J connectivity index is 1.30. The molecule has 2 amide bonds. The van der Waals surface area contributed by atoms with Crippen LogP contribution in [0.5, 0.6) is 0 Å². The standard InChI is InChI=1S/C30H33N3O2S/c34-29-25-14-7-6-13-24(25)27(28(26-15-8-20-36-26)33(29)23-11-4-5-12-23)30(35)32-18-16-31(17-19-32)21-22-9-2-1-3-10-22/h1-3,6-10,13-15,20,23,27-28H,4-5,11-12,16-19,21H2/t27-,28-/m0/s1. The number of thiophene rings is 1. The van der Waals surface area contributed by atoms with Gasteiger partial charge < -0.3 is 9.80 Å². The fourth-order valence-electron chi connectivity index (χ4n) is 6.33. The molecule has 186 valence electrons. The Morgan fingerprint density at radius 1 is 0.861 bits per heavy atom. The number of amides is 2. The van der Waals surface area contributed by atoms with Crippen molar-refractivity contribution in [1.29, 1.82) is 0 Å². The lowest BCUT2D eigenvalue weighted by atomic mass is 9.80. The quantitative estimate of drug-likeness (QED) is 0.478. The molecule has 3 heterocycles. The molecule has 0 radical (unpaired) electrons. The highest BCUT2D eigenvalue weighted by molar-refractivity contribution is 7.10. The van der Waals surface area contributed by atoms with E-state index in [0.29, 0.717) is 5.56 Å². The zero-order valence-electron chi connectivity index (χ0n) is 20.6. The minimum atomic E-state index is -0.362. The topological polar surface area (TPSA) is 43.9 Å². The van der Waals surface area contributed by atoms with Crippen molar-refractivity contribution in [3.05, 3.63) is 93.7 Å². The smallest absolute Gasteiger partial charge is 0.254 e. The largest absolute Gasteiger partial charge is 0.340 e. The maximum atomic E-state index is 14.3. The molecule has 3 aliphatic rings. The average Bonchev–Trinajstić information content (AvgIpc) is 3.64. The van der Waals surface area contributed by atoms with Crippen LogP contribution < -0.4 is 0 Å². The highest BCUT2D eigenvalue weighted by Gasteiger charge is 2.48. The van der Waals surface area contributed by atoms with Gasteiger partial charge >= 0.3 is 0 Å². The van der Waals surface area contributed by atoms with E-state index in [0.717, 1.165) is 68.8 Å². The lowest BCUT2D eigenvalue weighted by molar-refractivity contribution is -0.136. The summed E-state index contributed by atoms with van der Waals surface area (Å²) in [4.78, 5) is 35.9. The summed E-state index contributed by atoms with van der Waals surface area (Å²) in [6.07, 6.45) is 4.34. The van der Waals surface area contributed by atoms with Crippen LogP contribution in [0.3, 0.4) is 0 Å². The molecule has 1 saturated carbocycles. The summed E-state index contributed by atoms with van der Waals surface area (Å²) in [6, 6.07) is 22.5. The van der Waals surface area contributed by atoms with Crippen molar-refractivity contribution < 1.29 is 9.59 Å². The van der Waals surface area contributed by atoms with Crippen molar-refractivity contribution in [2.45, 2.75) is 50.2 Å². The monoisotopic (exact) mass is 499 g/mol. The summed E-state index contributed by atoms with van der Waals surface area (Å²) in [7, 11) is 0. The zero-order chi connectivity index (χ0) is 24.5. The first-order valence-electron chi connectivity index (χ1n) is 13.2. The second kappa shape index (κ2) is 10.2. The van der Waals surface area contributed by atoms with Gasteiger partial charge in [0, 0.05) is 49.2 Å². The number of rotatable bonds is 5. The van der Waals surface area contributed by atoms with Gasteiger partial charge in [-0.15, -0.1) is 11.3 Å². The highest BCUT2D eigenvalue weighted by atomic mass is 32.1. The summed E-state index contributed by atoms with van der Waals surface area (Å²) < 4.78 is 0. The molecule has 0 unspecified atom stereocenters. The van der Waals surface area contributed by atoms with Gasteiger partial charge in [-0.05, 0) is 41.5 Å². The minimum absolute atomic E-state index is 0.0904. The minimum Gasteiger partial charge on any atom is -0.340 e. The lowest BCUT2D eigenvalue weighted by Gasteiger charge is -2.46. The fourth-order valence-corrected chi connectivity index (χ4v) is 7.19. The van der Waals surface area contributed by atoms with E-state index in [1.165, 1.54) is 5.56 Å². The van der Waals surface area contributed by atoms with Crippen LogP contribution in [0.1, 0.15) is 64.0 Å². The molecule has 1 aliphatic carbocycles. The van der Waals surface area contributed by atoms with Gasteiger partial charge in [-0.25, -0.2) is 0 Å². The SMILES string of the molecule is O=C([C@H]1c2ccccc2C(=O)N(C2CCCC2)[C@H]1c1cccs1)N1CCN(Cc2ccccc2)CC1. The highest BCUT2D eigenvalue weighted by Crippen LogP contribution is 2.47. The zero-order valence-corrected chi connectivity index (χ0v) is 21.4. The third-order valence-corrected chi connectivity index (χ3v) is 9.07. The Labute approximate surface area is 217 Å². The van der Waals surface area contributed by atoms with E-state index in [-0.39, 0.29) is 29.8 Å². The van der Waals surface area contributed by atoms with Gasteiger partial charge in [0.25, 0.3) is 5.91 Å². The Morgan fingerprint density at radius 2 is 1.58 bits per heavy atom. The summed E-state index contributed by atoms with van der Waals surface area (Å²) >= 11 is 1.67. The van der Waals surface area contributed by atoms with E-state index in [2.05, 4.69) is 45.5 Å². The van der Waals surface area contributed by atoms with Crippen LogP contribution in [0.4, 0.5) is 0 Å². The number of piperazine rings is 1.